The van der Waals surface area contributed by atoms with Gasteiger partial charge < -0.3 is 25.4 Å². The van der Waals surface area contributed by atoms with Crippen LogP contribution in [0.2, 0.25) is 0 Å². The maximum absolute atomic E-state index is 17.0. The van der Waals surface area contributed by atoms with Crippen molar-refractivity contribution in [2.75, 3.05) is 44.2 Å². The van der Waals surface area contributed by atoms with Gasteiger partial charge in [0.2, 0.25) is 0 Å². The van der Waals surface area contributed by atoms with Crippen molar-refractivity contribution < 1.29 is 27.8 Å². The first-order chi connectivity index (χ1) is 22.7. The zero-order valence-electron chi connectivity index (χ0n) is 26.2. The Labute approximate surface area is 270 Å². The molecule has 3 N–H and O–H groups in total. The molecule has 1 spiro atoms. The Balaban J connectivity index is 1.27. The molecule has 4 saturated heterocycles. The summed E-state index contributed by atoms with van der Waals surface area (Å²) < 4.78 is 52.8. The van der Waals surface area contributed by atoms with Gasteiger partial charge in [0, 0.05) is 43.5 Å². The molecular formula is C35H37F3N6O3. The number of nitrogens with zero attached hydrogens (tertiary/aromatic N) is 4. The summed E-state index contributed by atoms with van der Waals surface area (Å²) in [6, 6.07) is 9.08. The van der Waals surface area contributed by atoms with Gasteiger partial charge in [-0.25, -0.2) is 18.0 Å². The van der Waals surface area contributed by atoms with Gasteiger partial charge in [-0.2, -0.15) is 9.97 Å². The lowest BCUT2D eigenvalue weighted by Gasteiger charge is -2.40. The third-order valence-corrected chi connectivity index (χ3v) is 10.6. The molecule has 1 unspecified atom stereocenters. The number of phenolic OH excluding ortho intramolecular Hbond substituents is 1. The number of aromatic hydroxyl groups is 1. The minimum absolute atomic E-state index is 0.0126. The van der Waals surface area contributed by atoms with Gasteiger partial charge in [0.05, 0.1) is 11.1 Å². The molecule has 4 aliphatic heterocycles. The van der Waals surface area contributed by atoms with Gasteiger partial charge >= 0.3 is 12.0 Å². The minimum atomic E-state index is -0.929. The number of piperidine rings is 1. The van der Waals surface area contributed by atoms with Crippen molar-refractivity contribution in [2.24, 2.45) is 0 Å². The van der Waals surface area contributed by atoms with Gasteiger partial charge in [0.1, 0.15) is 35.7 Å². The Hall–Kier alpha value is -4.32. The van der Waals surface area contributed by atoms with E-state index in [-0.39, 0.29) is 35.5 Å². The molecule has 4 aromatic rings. The number of halogens is 3. The van der Waals surface area contributed by atoms with Crippen LogP contribution < -0.4 is 20.3 Å². The van der Waals surface area contributed by atoms with Gasteiger partial charge in [0.25, 0.3) is 0 Å². The largest absolute Gasteiger partial charge is 0.508 e. The number of aromatic nitrogens is 2. The number of hydrogen-bond acceptors (Lipinski definition) is 7. The smallest absolute Gasteiger partial charge is 0.319 e. The maximum Gasteiger partial charge on any atom is 0.319 e. The van der Waals surface area contributed by atoms with Crippen LogP contribution in [-0.4, -0.2) is 82.6 Å². The standard InChI is InChI=1S/C35H37F3N6O3/c1-2-23-27(37)8-5-20-13-22(45)14-26(28(20)23)24-6-7-25-30(29(24)38)40-33(47-19-35-10-4-12-44(35)16-21(36)15-35)41-31(25)43-11-3-9-34(18-43)17-39-32(46)42-34/h5-8,13-14,21,45H,2-4,9-12,15-19H2,1H3,(H2,39,42,46)/t21-,34?,35+/m1/s1. The molecule has 2 amide bonds. The number of hydrogen-bond donors (Lipinski definition) is 3. The van der Waals surface area contributed by atoms with Crippen molar-refractivity contribution >= 4 is 33.5 Å². The van der Waals surface area contributed by atoms with Gasteiger partial charge in [-0.1, -0.05) is 19.1 Å². The molecule has 0 saturated carbocycles. The van der Waals surface area contributed by atoms with Crippen LogP contribution in [0.1, 0.15) is 44.6 Å². The number of carbonyl (C=O) groups is 1. The molecule has 9 nitrogen and oxygen atoms in total. The Morgan fingerprint density at radius 3 is 2.74 bits per heavy atom. The molecule has 3 aromatic carbocycles. The van der Waals surface area contributed by atoms with Gasteiger partial charge in [-0.05, 0) is 84.8 Å². The number of alkyl halides is 1. The van der Waals surface area contributed by atoms with E-state index in [1.54, 1.807) is 24.3 Å². The van der Waals surface area contributed by atoms with Crippen LogP contribution in [0.5, 0.6) is 11.8 Å². The predicted molar refractivity (Wildman–Crippen MR) is 173 cm³/mol. The van der Waals surface area contributed by atoms with Crippen LogP contribution in [0.4, 0.5) is 23.8 Å². The minimum Gasteiger partial charge on any atom is -0.508 e. The molecule has 246 valence electrons. The zero-order chi connectivity index (χ0) is 32.5. The highest BCUT2D eigenvalue weighted by Gasteiger charge is 2.49. The number of fused-ring (bicyclic) bond motifs is 3. The Morgan fingerprint density at radius 2 is 1.94 bits per heavy atom. The summed E-state index contributed by atoms with van der Waals surface area (Å²) in [6.45, 7) is 4.75. The van der Waals surface area contributed by atoms with Gasteiger partial charge in [0.15, 0.2) is 5.82 Å². The van der Waals surface area contributed by atoms with Crippen molar-refractivity contribution in [1.82, 2.24) is 25.5 Å². The topological polar surface area (TPSA) is 103 Å². The first-order valence-electron chi connectivity index (χ1n) is 16.5. The fourth-order valence-corrected chi connectivity index (χ4v) is 8.48. The number of carbonyl (C=O) groups excluding carboxylic acids is 1. The van der Waals surface area contributed by atoms with Crippen LogP contribution in [0, 0.1) is 11.6 Å². The van der Waals surface area contributed by atoms with Crippen molar-refractivity contribution in [2.45, 2.75) is 62.7 Å². The molecule has 4 aliphatic rings. The first-order valence-corrected chi connectivity index (χ1v) is 16.5. The van der Waals surface area contributed by atoms with Crippen LogP contribution in [-0.2, 0) is 6.42 Å². The van der Waals surface area contributed by atoms with Gasteiger partial charge in [-0.15, -0.1) is 0 Å². The summed E-state index contributed by atoms with van der Waals surface area (Å²) in [4.78, 5) is 25.7. The van der Waals surface area contributed by atoms with Gasteiger partial charge in [-0.3, -0.25) is 4.90 Å². The third-order valence-electron chi connectivity index (χ3n) is 10.6. The number of aryl methyl sites for hydroxylation is 1. The highest BCUT2D eigenvalue weighted by Crippen LogP contribution is 2.43. The van der Waals surface area contributed by atoms with Crippen molar-refractivity contribution in [3.63, 3.8) is 0 Å². The molecular weight excluding hydrogens is 609 g/mol. The van der Waals surface area contributed by atoms with E-state index >= 15 is 8.78 Å². The second-order valence-corrected chi connectivity index (χ2v) is 13.6. The first kappa shape index (κ1) is 30.0. The maximum atomic E-state index is 17.0. The number of benzene rings is 3. The number of urea groups is 1. The highest BCUT2D eigenvalue weighted by atomic mass is 19.1. The molecule has 8 rings (SSSR count). The van der Waals surface area contributed by atoms with Crippen molar-refractivity contribution in [3.05, 3.63) is 53.6 Å². The van der Waals surface area contributed by atoms with Crippen molar-refractivity contribution in [1.29, 1.82) is 0 Å². The molecule has 12 heteroatoms. The van der Waals surface area contributed by atoms with Crippen LogP contribution in [0.25, 0.3) is 32.8 Å². The summed E-state index contributed by atoms with van der Waals surface area (Å²) in [7, 11) is 0. The van der Waals surface area contributed by atoms with E-state index in [2.05, 4.69) is 20.5 Å². The fourth-order valence-electron chi connectivity index (χ4n) is 8.48. The van der Waals surface area contributed by atoms with Crippen LogP contribution in [0.15, 0.2) is 36.4 Å². The Kier molecular flexibility index (Phi) is 7.12. The molecule has 0 bridgehead atoms. The molecule has 5 heterocycles. The summed E-state index contributed by atoms with van der Waals surface area (Å²) in [5.41, 5.74) is 0.0320. The van der Waals surface area contributed by atoms with E-state index < -0.39 is 28.9 Å². The molecule has 3 atom stereocenters. The normalized spacial score (nSPS) is 25.9. The second-order valence-electron chi connectivity index (χ2n) is 13.6. The number of amides is 2. The van der Waals surface area contributed by atoms with Crippen LogP contribution >= 0.6 is 0 Å². The van der Waals surface area contributed by atoms with E-state index in [0.717, 1.165) is 32.2 Å². The number of nitrogens with one attached hydrogen (secondary N) is 2. The molecule has 0 aliphatic carbocycles. The second kappa shape index (κ2) is 11.1. The average Bonchev–Trinajstić information content (AvgIpc) is 3.71. The Bertz CT molecular complexity index is 1930. The Morgan fingerprint density at radius 1 is 1.09 bits per heavy atom. The number of ether oxygens (including phenoxy) is 1. The molecule has 4 fully saturated rings. The average molecular weight is 647 g/mol. The SMILES string of the molecule is CCc1c(F)ccc2cc(O)cc(-c3ccc4c(N5CCCC6(CNC(=O)N6)C5)nc(OC[C@@]56CCCN5C[C@H](F)C6)nc4c3F)c12. The van der Waals surface area contributed by atoms with E-state index in [9.17, 15) is 14.3 Å². The lowest BCUT2D eigenvalue weighted by molar-refractivity contribution is 0.107. The van der Waals surface area contributed by atoms with Crippen LogP contribution in [0.3, 0.4) is 0 Å². The quantitative estimate of drug-likeness (QED) is 0.251. The zero-order valence-corrected chi connectivity index (χ0v) is 26.2. The molecule has 47 heavy (non-hydrogen) atoms. The molecule has 1 aromatic heterocycles. The monoisotopic (exact) mass is 646 g/mol. The highest BCUT2D eigenvalue weighted by molar-refractivity contribution is 6.03. The number of rotatable bonds is 6. The lowest BCUT2D eigenvalue weighted by Crippen LogP contribution is -2.56. The van der Waals surface area contributed by atoms with Crippen molar-refractivity contribution in [3.8, 4) is 22.9 Å². The summed E-state index contributed by atoms with van der Waals surface area (Å²) in [5, 5.41) is 18.1. The van der Waals surface area contributed by atoms with E-state index in [1.807, 2.05) is 11.8 Å². The number of anilines is 1. The van der Waals surface area contributed by atoms with E-state index in [0.29, 0.717) is 72.1 Å². The van der Waals surface area contributed by atoms with E-state index in [1.165, 1.54) is 12.1 Å². The summed E-state index contributed by atoms with van der Waals surface area (Å²) in [6.07, 6.45) is 3.13. The third kappa shape index (κ3) is 4.99. The lowest BCUT2D eigenvalue weighted by atomic mass is 9.89. The predicted octanol–water partition coefficient (Wildman–Crippen LogP) is 5.60. The molecule has 0 radical (unpaired) electrons. The fraction of sp³-hybridized carbons (Fsp3) is 0.457. The summed E-state index contributed by atoms with van der Waals surface area (Å²) >= 11 is 0. The summed E-state index contributed by atoms with van der Waals surface area (Å²) in [5.74, 6) is -0.639. The van der Waals surface area contributed by atoms with E-state index in [4.69, 9.17) is 9.72 Å². The number of phenols is 1.